The summed E-state index contributed by atoms with van der Waals surface area (Å²) < 4.78 is 0. The summed E-state index contributed by atoms with van der Waals surface area (Å²) in [6.45, 7) is 4.99. The maximum Gasteiger partial charge on any atom is 0.226 e. The van der Waals surface area contributed by atoms with Crippen LogP contribution in [0.4, 0.5) is 11.8 Å². The molecule has 0 aliphatic rings. The van der Waals surface area contributed by atoms with Crippen LogP contribution in [0.1, 0.15) is 19.8 Å². The highest BCUT2D eigenvalue weighted by atomic mass is 15.2. The van der Waals surface area contributed by atoms with Gasteiger partial charge in [-0.2, -0.15) is 15.1 Å². The van der Waals surface area contributed by atoms with Gasteiger partial charge in [-0.05, 0) is 33.5 Å². The zero-order valence-corrected chi connectivity index (χ0v) is 13.3. The van der Waals surface area contributed by atoms with Crippen molar-refractivity contribution in [2.45, 2.75) is 19.8 Å². The molecule has 2 aromatic rings. The molecule has 0 aliphatic heterocycles. The van der Waals surface area contributed by atoms with E-state index in [-0.39, 0.29) is 0 Å². The Bertz CT molecular complexity index is 563. The van der Waals surface area contributed by atoms with Crippen LogP contribution >= 0.6 is 0 Å². The molecular weight excluding hydrogens is 266 g/mol. The molecule has 0 unspecified atom stereocenters. The maximum atomic E-state index is 4.64. The van der Waals surface area contributed by atoms with Crippen LogP contribution in [-0.4, -0.2) is 65.8 Å². The SMILES string of the molecule is CCCNc1nc(N(C)CCCN(C)C)c2cn[nH]c2n1. The van der Waals surface area contributed by atoms with Crippen molar-refractivity contribution in [1.82, 2.24) is 25.1 Å². The Balaban J connectivity index is 2.17. The van der Waals surface area contributed by atoms with Gasteiger partial charge in [-0.15, -0.1) is 0 Å². The lowest BCUT2D eigenvalue weighted by atomic mass is 10.3. The third-order valence-corrected chi connectivity index (χ3v) is 3.28. The Labute approximate surface area is 125 Å². The summed E-state index contributed by atoms with van der Waals surface area (Å²) >= 11 is 0. The molecule has 21 heavy (non-hydrogen) atoms. The second kappa shape index (κ2) is 7.21. The number of rotatable bonds is 8. The largest absolute Gasteiger partial charge is 0.359 e. The first-order valence-corrected chi connectivity index (χ1v) is 7.42. The summed E-state index contributed by atoms with van der Waals surface area (Å²) in [5.41, 5.74) is 0.776. The smallest absolute Gasteiger partial charge is 0.226 e. The number of aromatic nitrogens is 4. The Morgan fingerprint density at radius 1 is 1.19 bits per heavy atom. The lowest BCUT2D eigenvalue weighted by molar-refractivity contribution is 0.401. The van der Waals surface area contributed by atoms with E-state index in [4.69, 9.17) is 0 Å². The minimum absolute atomic E-state index is 0.656. The van der Waals surface area contributed by atoms with Crippen LogP contribution in [0, 0.1) is 0 Å². The van der Waals surface area contributed by atoms with Gasteiger partial charge in [0.25, 0.3) is 0 Å². The number of hydrogen-bond acceptors (Lipinski definition) is 6. The minimum Gasteiger partial charge on any atom is -0.359 e. The van der Waals surface area contributed by atoms with Gasteiger partial charge in [0.15, 0.2) is 5.65 Å². The summed E-state index contributed by atoms with van der Waals surface area (Å²) in [6.07, 6.45) is 3.92. The van der Waals surface area contributed by atoms with Crippen molar-refractivity contribution >= 4 is 22.8 Å². The number of nitrogens with zero attached hydrogens (tertiary/aromatic N) is 5. The summed E-state index contributed by atoms with van der Waals surface area (Å²) in [6, 6.07) is 0. The Hall–Kier alpha value is -1.89. The zero-order chi connectivity index (χ0) is 15.2. The van der Waals surface area contributed by atoms with Gasteiger partial charge in [-0.1, -0.05) is 6.92 Å². The molecule has 0 bridgehead atoms. The van der Waals surface area contributed by atoms with Crippen molar-refractivity contribution in [3.8, 4) is 0 Å². The summed E-state index contributed by atoms with van der Waals surface area (Å²) in [5, 5.41) is 11.2. The molecule has 0 aliphatic carbocycles. The molecule has 2 heterocycles. The number of nitrogens with one attached hydrogen (secondary N) is 2. The van der Waals surface area contributed by atoms with E-state index in [1.54, 1.807) is 6.20 Å². The molecule has 7 nitrogen and oxygen atoms in total. The van der Waals surface area contributed by atoms with Gasteiger partial charge in [0.1, 0.15) is 5.82 Å². The third kappa shape index (κ3) is 4.04. The first-order chi connectivity index (χ1) is 10.1. The van der Waals surface area contributed by atoms with Gasteiger partial charge < -0.3 is 15.1 Å². The second-order valence-electron chi connectivity index (χ2n) is 5.51. The standard InChI is InChI=1S/C14H25N7/c1-5-7-15-14-17-12-11(10-16-19-12)13(18-14)21(4)9-6-8-20(2)3/h10H,5-9H2,1-4H3,(H2,15,16,17,18,19). The van der Waals surface area contributed by atoms with Crippen LogP contribution < -0.4 is 10.2 Å². The quantitative estimate of drug-likeness (QED) is 0.769. The van der Waals surface area contributed by atoms with Gasteiger partial charge in [0.2, 0.25) is 5.95 Å². The molecule has 0 aromatic carbocycles. The average Bonchev–Trinajstić information content (AvgIpc) is 2.91. The van der Waals surface area contributed by atoms with Crippen molar-refractivity contribution in [3.05, 3.63) is 6.20 Å². The Morgan fingerprint density at radius 3 is 2.71 bits per heavy atom. The average molecular weight is 291 g/mol. The third-order valence-electron chi connectivity index (χ3n) is 3.28. The fourth-order valence-electron chi connectivity index (χ4n) is 2.16. The van der Waals surface area contributed by atoms with E-state index < -0.39 is 0 Å². The van der Waals surface area contributed by atoms with E-state index in [1.807, 2.05) is 0 Å². The van der Waals surface area contributed by atoms with Crippen LogP contribution in [0.3, 0.4) is 0 Å². The van der Waals surface area contributed by atoms with E-state index in [9.17, 15) is 0 Å². The molecule has 0 amide bonds. The van der Waals surface area contributed by atoms with Gasteiger partial charge in [-0.3, -0.25) is 5.10 Å². The van der Waals surface area contributed by atoms with Crippen molar-refractivity contribution in [2.75, 3.05) is 51.0 Å². The molecule has 7 heteroatoms. The van der Waals surface area contributed by atoms with Crippen molar-refractivity contribution < 1.29 is 0 Å². The van der Waals surface area contributed by atoms with Gasteiger partial charge >= 0.3 is 0 Å². The van der Waals surface area contributed by atoms with Crippen LogP contribution in [0.25, 0.3) is 11.0 Å². The fourth-order valence-corrected chi connectivity index (χ4v) is 2.16. The molecule has 0 saturated heterocycles. The van der Waals surface area contributed by atoms with E-state index in [2.05, 4.69) is 63.3 Å². The highest BCUT2D eigenvalue weighted by molar-refractivity contribution is 5.87. The fraction of sp³-hybridized carbons (Fsp3) is 0.643. The summed E-state index contributed by atoms with van der Waals surface area (Å²) in [4.78, 5) is 13.4. The molecule has 0 radical (unpaired) electrons. The van der Waals surface area contributed by atoms with Crippen LogP contribution in [0.2, 0.25) is 0 Å². The number of aromatic amines is 1. The zero-order valence-electron chi connectivity index (χ0n) is 13.3. The highest BCUT2D eigenvalue weighted by Gasteiger charge is 2.13. The van der Waals surface area contributed by atoms with E-state index in [0.29, 0.717) is 5.95 Å². The number of hydrogen-bond donors (Lipinski definition) is 2. The second-order valence-corrected chi connectivity index (χ2v) is 5.51. The first kappa shape index (κ1) is 15.5. The minimum atomic E-state index is 0.656. The van der Waals surface area contributed by atoms with Crippen molar-refractivity contribution in [1.29, 1.82) is 0 Å². The topological polar surface area (TPSA) is 73.0 Å². The van der Waals surface area contributed by atoms with Crippen molar-refractivity contribution in [2.24, 2.45) is 0 Å². The van der Waals surface area contributed by atoms with Crippen molar-refractivity contribution in [3.63, 3.8) is 0 Å². The summed E-state index contributed by atoms with van der Waals surface area (Å²) in [7, 11) is 6.24. The van der Waals surface area contributed by atoms with Gasteiger partial charge in [0.05, 0.1) is 11.6 Å². The molecule has 2 N–H and O–H groups in total. The molecule has 2 rings (SSSR count). The molecule has 0 spiro atoms. The molecule has 0 atom stereocenters. The molecule has 0 saturated carbocycles. The highest BCUT2D eigenvalue weighted by Crippen LogP contribution is 2.23. The number of fused-ring (bicyclic) bond motifs is 1. The Morgan fingerprint density at radius 2 is 2.00 bits per heavy atom. The number of H-pyrrole nitrogens is 1. The van der Waals surface area contributed by atoms with E-state index in [0.717, 1.165) is 49.3 Å². The lowest BCUT2D eigenvalue weighted by Crippen LogP contribution is -2.24. The van der Waals surface area contributed by atoms with Crippen LogP contribution in [0.15, 0.2) is 6.20 Å². The monoisotopic (exact) mass is 291 g/mol. The molecular formula is C14H25N7. The number of anilines is 2. The predicted octanol–water partition coefficient (Wildman–Crippen LogP) is 1.56. The lowest BCUT2D eigenvalue weighted by Gasteiger charge is -2.20. The first-order valence-electron chi connectivity index (χ1n) is 7.42. The Kier molecular flexibility index (Phi) is 5.32. The molecule has 116 valence electrons. The summed E-state index contributed by atoms with van der Waals surface area (Å²) in [5.74, 6) is 1.58. The molecule has 0 fully saturated rings. The maximum absolute atomic E-state index is 4.64. The van der Waals surface area contributed by atoms with Crippen LogP contribution in [-0.2, 0) is 0 Å². The molecule has 2 aromatic heterocycles. The normalized spacial score (nSPS) is 11.3. The van der Waals surface area contributed by atoms with Crippen LogP contribution in [0.5, 0.6) is 0 Å². The van der Waals surface area contributed by atoms with Gasteiger partial charge in [-0.25, -0.2) is 0 Å². The van der Waals surface area contributed by atoms with E-state index >= 15 is 0 Å². The van der Waals surface area contributed by atoms with E-state index in [1.165, 1.54) is 0 Å². The predicted molar refractivity (Wildman–Crippen MR) is 86.9 cm³/mol. The van der Waals surface area contributed by atoms with Gasteiger partial charge in [0, 0.05) is 20.1 Å².